The average molecular weight is 226 g/mol. The monoisotopic (exact) mass is 226 g/mol. The fourth-order valence-corrected chi connectivity index (χ4v) is 4.38. The molecule has 0 saturated heterocycles. The molecule has 2 rings (SSSR count). The van der Waals surface area contributed by atoms with Crippen LogP contribution in [0.3, 0.4) is 0 Å². The van der Waals surface area contributed by atoms with Crippen molar-refractivity contribution in [3.05, 3.63) is 0 Å². The minimum atomic E-state index is -0.317. The molecule has 2 N–H and O–H groups in total. The topological polar surface area (TPSA) is 40.5 Å². The maximum Gasteiger partial charge on any atom is 0.0654 e. The van der Waals surface area contributed by atoms with Crippen LogP contribution in [0.2, 0.25) is 0 Å². The maximum atomic E-state index is 10.5. The van der Waals surface area contributed by atoms with Crippen molar-refractivity contribution in [1.29, 1.82) is 0 Å². The van der Waals surface area contributed by atoms with Crippen molar-refractivity contribution in [2.24, 2.45) is 22.7 Å². The van der Waals surface area contributed by atoms with E-state index < -0.39 is 0 Å². The van der Waals surface area contributed by atoms with Gasteiger partial charge in [0.25, 0.3) is 0 Å². The first-order valence-corrected chi connectivity index (χ1v) is 6.72. The summed E-state index contributed by atoms with van der Waals surface area (Å²) in [5.41, 5.74) is 0.183. The van der Waals surface area contributed by atoms with Gasteiger partial charge in [-0.2, -0.15) is 0 Å². The molecule has 16 heavy (non-hydrogen) atoms. The molecule has 2 aliphatic carbocycles. The van der Waals surface area contributed by atoms with Gasteiger partial charge in [0.05, 0.1) is 12.2 Å². The quantitative estimate of drug-likeness (QED) is 0.776. The standard InChI is InChI=1S/C14H26O2/c1-5-6-10(15)11-9-7-8-14(4,12(11)16)13(9,2)3/h9-12,15-16H,5-8H2,1-4H3/t9-,10?,11?,12+,14-/m1/s1. The lowest BCUT2D eigenvalue weighted by Gasteiger charge is -2.38. The number of rotatable bonds is 3. The summed E-state index contributed by atoms with van der Waals surface area (Å²) >= 11 is 0. The Hall–Kier alpha value is -0.0800. The van der Waals surface area contributed by atoms with Crippen LogP contribution in [-0.4, -0.2) is 22.4 Å². The van der Waals surface area contributed by atoms with Gasteiger partial charge in [-0.05, 0) is 36.0 Å². The molecule has 2 nitrogen and oxygen atoms in total. The number of fused-ring (bicyclic) bond motifs is 2. The summed E-state index contributed by atoms with van der Waals surface area (Å²) in [6, 6.07) is 0. The van der Waals surface area contributed by atoms with E-state index >= 15 is 0 Å². The third-order valence-corrected chi connectivity index (χ3v) is 5.88. The van der Waals surface area contributed by atoms with Gasteiger partial charge in [0.1, 0.15) is 0 Å². The van der Waals surface area contributed by atoms with Crippen LogP contribution in [0.5, 0.6) is 0 Å². The lowest BCUT2D eigenvalue weighted by atomic mass is 9.70. The number of hydrogen-bond donors (Lipinski definition) is 2. The summed E-state index contributed by atoms with van der Waals surface area (Å²) in [5, 5.41) is 20.7. The van der Waals surface area contributed by atoms with Crippen LogP contribution in [0.25, 0.3) is 0 Å². The molecule has 2 aliphatic rings. The predicted molar refractivity (Wildman–Crippen MR) is 65.0 cm³/mol. The van der Waals surface area contributed by atoms with Crippen LogP contribution < -0.4 is 0 Å². The predicted octanol–water partition coefficient (Wildman–Crippen LogP) is 2.58. The molecule has 0 aliphatic heterocycles. The minimum absolute atomic E-state index is 0.0110. The van der Waals surface area contributed by atoms with Crippen LogP contribution >= 0.6 is 0 Å². The fraction of sp³-hybridized carbons (Fsp3) is 1.00. The Bertz CT molecular complexity index is 274. The molecule has 2 saturated carbocycles. The second kappa shape index (κ2) is 3.71. The van der Waals surface area contributed by atoms with Gasteiger partial charge in [0.15, 0.2) is 0 Å². The Morgan fingerprint density at radius 2 is 1.94 bits per heavy atom. The van der Waals surface area contributed by atoms with Crippen molar-refractivity contribution in [2.45, 2.75) is 65.6 Å². The SMILES string of the molecule is CCCC(O)C1[C@H]2CC[C@](C)([C@H]1O)C2(C)C. The zero-order valence-electron chi connectivity index (χ0n) is 11.0. The van der Waals surface area contributed by atoms with Crippen LogP contribution in [0.15, 0.2) is 0 Å². The zero-order chi connectivity index (χ0) is 12.1. The highest BCUT2D eigenvalue weighted by Crippen LogP contribution is 2.68. The van der Waals surface area contributed by atoms with Crippen LogP contribution in [0.1, 0.15) is 53.4 Å². The van der Waals surface area contributed by atoms with Crippen molar-refractivity contribution in [3.63, 3.8) is 0 Å². The summed E-state index contributed by atoms with van der Waals surface area (Å²) < 4.78 is 0. The summed E-state index contributed by atoms with van der Waals surface area (Å²) in [4.78, 5) is 0. The molecule has 0 aromatic rings. The Kier molecular flexibility index (Phi) is 2.87. The van der Waals surface area contributed by atoms with Crippen molar-refractivity contribution < 1.29 is 10.2 Å². The van der Waals surface area contributed by atoms with Crippen molar-refractivity contribution in [2.75, 3.05) is 0 Å². The Morgan fingerprint density at radius 1 is 1.31 bits per heavy atom. The molecule has 2 fully saturated rings. The summed E-state index contributed by atoms with van der Waals surface area (Å²) in [6.45, 7) is 8.84. The minimum Gasteiger partial charge on any atom is -0.393 e. The van der Waals surface area contributed by atoms with E-state index in [1.165, 1.54) is 6.42 Å². The first-order chi connectivity index (χ1) is 7.36. The molecule has 0 spiro atoms. The lowest BCUT2D eigenvalue weighted by molar-refractivity contribution is -0.0523. The number of aliphatic hydroxyl groups excluding tert-OH is 2. The molecule has 5 atom stereocenters. The van der Waals surface area contributed by atoms with Crippen molar-refractivity contribution >= 4 is 0 Å². The number of aliphatic hydroxyl groups is 2. The highest BCUT2D eigenvalue weighted by atomic mass is 16.3. The number of hydrogen-bond acceptors (Lipinski definition) is 2. The van der Waals surface area contributed by atoms with Gasteiger partial charge in [-0.15, -0.1) is 0 Å². The summed E-state index contributed by atoms with van der Waals surface area (Å²) in [7, 11) is 0. The Balaban J connectivity index is 2.26. The Morgan fingerprint density at radius 3 is 2.38 bits per heavy atom. The normalized spacial score (nSPS) is 47.2. The summed E-state index contributed by atoms with van der Waals surface area (Å²) in [6.07, 6.45) is 3.47. The Labute approximate surface area is 99.1 Å². The zero-order valence-corrected chi connectivity index (χ0v) is 11.0. The molecular weight excluding hydrogens is 200 g/mol. The lowest BCUT2D eigenvalue weighted by Crippen LogP contribution is -2.41. The van der Waals surface area contributed by atoms with Crippen LogP contribution in [-0.2, 0) is 0 Å². The average Bonchev–Trinajstić information content (AvgIpc) is 2.50. The van der Waals surface area contributed by atoms with Gasteiger partial charge in [-0.3, -0.25) is 0 Å². The molecule has 2 unspecified atom stereocenters. The highest BCUT2D eigenvalue weighted by Gasteiger charge is 2.66. The van der Waals surface area contributed by atoms with Crippen molar-refractivity contribution in [1.82, 2.24) is 0 Å². The van der Waals surface area contributed by atoms with E-state index in [-0.39, 0.29) is 29.0 Å². The molecule has 0 aromatic heterocycles. The van der Waals surface area contributed by atoms with E-state index in [0.717, 1.165) is 19.3 Å². The molecule has 0 aromatic carbocycles. The van der Waals surface area contributed by atoms with Gasteiger partial charge in [0.2, 0.25) is 0 Å². The first-order valence-electron chi connectivity index (χ1n) is 6.72. The molecule has 2 bridgehead atoms. The smallest absolute Gasteiger partial charge is 0.0654 e. The van der Waals surface area contributed by atoms with Gasteiger partial charge >= 0.3 is 0 Å². The van der Waals surface area contributed by atoms with E-state index in [1.54, 1.807) is 0 Å². The van der Waals surface area contributed by atoms with E-state index in [4.69, 9.17) is 0 Å². The van der Waals surface area contributed by atoms with Crippen LogP contribution in [0.4, 0.5) is 0 Å². The molecule has 0 amide bonds. The first kappa shape index (κ1) is 12.4. The summed E-state index contributed by atoms with van der Waals surface area (Å²) in [5.74, 6) is 0.600. The molecule has 94 valence electrons. The maximum absolute atomic E-state index is 10.5. The third kappa shape index (κ3) is 1.32. The highest BCUT2D eigenvalue weighted by molar-refractivity contribution is 5.15. The third-order valence-electron chi connectivity index (χ3n) is 5.88. The molecule has 2 heteroatoms. The molecular formula is C14H26O2. The van der Waals surface area contributed by atoms with Crippen LogP contribution in [0, 0.1) is 22.7 Å². The van der Waals surface area contributed by atoms with Crippen molar-refractivity contribution in [3.8, 4) is 0 Å². The largest absolute Gasteiger partial charge is 0.393 e. The van der Waals surface area contributed by atoms with E-state index in [1.807, 2.05) is 0 Å². The van der Waals surface area contributed by atoms with Gasteiger partial charge in [0, 0.05) is 5.92 Å². The van der Waals surface area contributed by atoms with Gasteiger partial charge in [-0.25, -0.2) is 0 Å². The van der Waals surface area contributed by atoms with E-state index in [2.05, 4.69) is 27.7 Å². The van der Waals surface area contributed by atoms with E-state index in [9.17, 15) is 10.2 Å². The molecule has 0 heterocycles. The van der Waals surface area contributed by atoms with Gasteiger partial charge in [-0.1, -0.05) is 34.1 Å². The molecule has 0 radical (unpaired) electrons. The van der Waals surface area contributed by atoms with E-state index in [0.29, 0.717) is 5.92 Å². The van der Waals surface area contributed by atoms with Gasteiger partial charge < -0.3 is 10.2 Å². The fourth-order valence-electron chi connectivity index (χ4n) is 4.38. The second-order valence-electron chi connectivity index (χ2n) is 6.66. The second-order valence-corrected chi connectivity index (χ2v) is 6.66.